The van der Waals surface area contributed by atoms with Gasteiger partial charge in [0.1, 0.15) is 5.60 Å². The highest BCUT2D eigenvalue weighted by atomic mass is 16.7. The first-order valence-electron chi connectivity index (χ1n) is 7.75. The third-order valence-corrected chi connectivity index (χ3v) is 4.63. The lowest BCUT2D eigenvalue weighted by atomic mass is 9.72. The van der Waals surface area contributed by atoms with Crippen molar-refractivity contribution in [2.45, 2.75) is 70.3 Å². The summed E-state index contributed by atoms with van der Waals surface area (Å²) >= 11 is 0. The van der Waals surface area contributed by atoms with E-state index in [4.69, 9.17) is 9.84 Å². The highest BCUT2D eigenvalue weighted by Crippen LogP contribution is 2.44. The molecule has 2 unspecified atom stereocenters. The Morgan fingerprint density at radius 1 is 1.33 bits per heavy atom. The fourth-order valence-electron chi connectivity index (χ4n) is 3.37. The molecule has 0 aromatic heterocycles. The molecule has 1 aromatic carbocycles. The second kappa shape index (κ2) is 5.70. The van der Waals surface area contributed by atoms with Gasteiger partial charge >= 0.3 is 6.16 Å². The van der Waals surface area contributed by atoms with E-state index in [2.05, 4.69) is 45.0 Å². The Balaban J connectivity index is 2.36. The molecule has 0 heterocycles. The first kappa shape index (κ1) is 15.9. The van der Waals surface area contributed by atoms with Gasteiger partial charge in [0, 0.05) is 5.92 Å². The maximum Gasteiger partial charge on any atom is 0.506 e. The Kier molecular flexibility index (Phi) is 4.31. The van der Waals surface area contributed by atoms with Gasteiger partial charge in [-0.25, -0.2) is 4.79 Å². The Bertz CT molecular complexity index is 515. The fourth-order valence-corrected chi connectivity index (χ4v) is 3.37. The van der Waals surface area contributed by atoms with E-state index in [1.807, 2.05) is 6.92 Å². The fraction of sp³-hybridized carbons (Fsp3) is 0.611. The van der Waals surface area contributed by atoms with Crippen molar-refractivity contribution in [1.29, 1.82) is 0 Å². The highest BCUT2D eigenvalue weighted by Gasteiger charge is 2.41. The highest BCUT2D eigenvalue weighted by molar-refractivity contribution is 5.58. The van der Waals surface area contributed by atoms with E-state index in [9.17, 15) is 4.79 Å². The van der Waals surface area contributed by atoms with Gasteiger partial charge in [0.25, 0.3) is 0 Å². The van der Waals surface area contributed by atoms with Crippen molar-refractivity contribution in [1.82, 2.24) is 0 Å². The van der Waals surface area contributed by atoms with Gasteiger partial charge in [-0.15, -0.1) is 0 Å². The zero-order valence-electron chi connectivity index (χ0n) is 13.5. The van der Waals surface area contributed by atoms with Crippen LogP contribution in [-0.4, -0.2) is 16.9 Å². The van der Waals surface area contributed by atoms with E-state index in [1.165, 1.54) is 11.1 Å². The molecule has 1 fully saturated rings. The predicted molar refractivity (Wildman–Crippen MR) is 83.9 cm³/mol. The first-order valence-corrected chi connectivity index (χ1v) is 7.75. The van der Waals surface area contributed by atoms with Crippen LogP contribution in [0.25, 0.3) is 0 Å². The monoisotopic (exact) mass is 290 g/mol. The van der Waals surface area contributed by atoms with E-state index in [1.54, 1.807) is 0 Å². The van der Waals surface area contributed by atoms with Gasteiger partial charge in [0.15, 0.2) is 0 Å². The zero-order valence-corrected chi connectivity index (χ0v) is 13.5. The average molecular weight is 290 g/mol. The van der Waals surface area contributed by atoms with Gasteiger partial charge in [-0.2, -0.15) is 0 Å². The Hall–Kier alpha value is -1.51. The molecule has 3 heteroatoms. The summed E-state index contributed by atoms with van der Waals surface area (Å²) in [6, 6.07) is 8.54. The summed E-state index contributed by atoms with van der Waals surface area (Å²) < 4.78 is 5.29. The molecular formula is C18H26O3. The van der Waals surface area contributed by atoms with Crippen LogP contribution in [0.4, 0.5) is 4.79 Å². The van der Waals surface area contributed by atoms with Crippen molar-refractivity contribution in [2.75, 3.05) is 0 Å². The average Bonchev–Trinajstić information content (AvgIpc) is 2.37. The molecule has 1 saturated carbocycles. The molecule has 1 aromatic rings. The minimum Gasteiger partial charge on any atom is -0.450 e. The second-order valence-corrected chi connectivity index (χ2v) is 7.35. The van der Waals surface area contributed by atoms with Crippen molar-refractivity contribution in [2.24, 2.45) is 0 Å². The summed E-state index contributed by atoms with van der Waals surface area (Å²) in [7, 11) is 0. The molecule has 0 radical (unpaired) electrons. The smallest absolute Gasteiger partial charge is 0.450 e. The van der Waals surface area contributed by atoms with Gasteiger partial charge in [0.05, 0.1) is 0 Å². The number of carbonyl (C=O) groups is 1. The van der Waals surface area contributed by atoms with Crippen molar-refractivity contribution in [3.8, 4) is 0 Å². The summed E-state index contributed by atoms with van der Waals surface area (Å²) in [5.74, 6) is 0.143. The van der Waals surface area contributed by atoms with E-state index in [0.29, 0.717) is 0 Å². The van der Waals surface area contributed by atoms with Gasteiger partial charge < -0.3 is 9.84 Å². The summed E-state index contributed by atoms with van der Waals surface area (Å²) in [5.41, 5.74) is 1.96. The molecule has 1 aliphatic carbocycles. The molecule has 3 nitrogen and oxygen atoms in total. The zero-order chi connectivity index (χ0) is 15.7. The largest absolute Gasteiger partial charge is 0.506 e. The number of hydrogen-bond acceptors (Lipinski definition) is 2. The third kappa shape index (κ3) is 3.58. The number of rotatable bonds is 2. The quantitative estimate of drug-likeness (QED) is 0.771. The topological polar surface area (TPSA) is 46.5 Å². The molecule has 0 aliphatic heterocycles. The van der Waals surface area contributed by atoms with E-state index >= 15 is 0 Å². The molecule has 2 atom stereocenters. The minimum atomic E-state index is -1.17. The number of benzene rings is 1. The lowest BCUT2D eigenvalue weighted by Crippen LogP contribution is -2.40. The lowest BCUT2D eigenvalue weighted by molar-refractivity contribution is -0.0433. The van der Waals surface area contributed by atoms with Crippen LogP contribution in [0.2, 0.25) is 0 Å². The van der Waals surface area contributed by atoms with Crippen LogP contribution in [0.5, 0.6) is 0 Å². The van der Waals surface area contributed by atoms with E-state index < -0.39 is 11.8 Å². The first-order chi connectivity index (χ1) is 9.72. The van der Waals surface area contributed by atoms with Crippen molar-refractivity contribution in [3.05, 3.63) is 35.4 Å². The summed E-state index contributed by atoms with van der Waals surface area (Å²) in [5, 5.41) is 9.06. The Morgan fingerprint density at radius 3 is 2.67 bits per heavy atom. The van der Waals surface area contributed by atoms with Crippen LogP contribution >= 0.6 is 0 Å². The van der Waals surface area contributed by atoms with Crippen LogP contribution in [0, 0.1) is 0 Å². The molecule has 21 heavy (non-hydrogen) atoms. The van der Waals surface area contributed by atoms with Gasteiger partial charge in [-0.1, -0.05) is 51.5 Å². The van der Waals surface area contributed by atoms with Crippen LogP contribution < -0.4 is 0 Å². The summed E-state index contributed by atoms with van der Waals surface area (Å²) in [6.07, 6.45) is 2.76. The van der Waals surface area contributed by atoms with Gasteiger partial charge in [-0.3, -0.25) is 0 Å². The minimum absolute atomic E-state index is 0.0920. The molecule has 1 aliphatic rings. The van der Waals surface area contributed by atoms with Crippen LogP contribution in [-0.2, 0) is 10.2 Å². The standard InChI is InChI=1S/C18H26O3/c1-17(2,3)14-9-7-8-13(12-14)15-10-5-6-11-18(15,4)21-16(19)20/h7-9,12,15H,5-6,10-11H2,1-4H3,(H,19,20). The third-order valence-electron chi connectivity index (χ3n) is 4.63. The number of carboxylic acid groups (broad SMARTS) is 1. The van der Waals surface area contributed by atoms with Crippen molar-refractivity contribution in [3.63, 3.8) is 0 Å². The van der Waals surface area contributed by atoms with Crippen LogP contribution in [0.15, 0.2) is 24.3 Å². The second-order valence-electron chi connectivity index (χ2n) is 7.35. The molecule has 1 N–H and O–H groups in total. The van der Waals surface area contributed by atoms with Crippen molar-refractivity contribution >= 4 is 6.16 Å². The number of hydrogen-bond donors (Lipinski definition) is 1. The normalized spacial score (nSPS) is 26.4. The molecule has 0 amide bonds. The number of ether oxygens (including phenoxy) is 1. The van der Waals surface area contributed by atoms with Crippen LogP contribution in [0.1, 0.15) is 70.4 Å². The SMILES string of the molecule is CC(C)(C)c1cccc(C2CCCCC2(C)OC(=O)O)c1. The van der Waals surface area contributed by atoms with Gasteiger partial charge in [0.2, 0.25) is 0 Å². The molecule has 0 bridgehead atoms. The maximum atomic E-state index is 11.1. The van der Waals surface area contributed by atoms with Crippen LogP contribution in [0.3, 0.4) is 0 Å². The summed E-state index contributed by atoms with van der Waals surface area (Å²) in [4.78, 5) is 11.1. The van der Waals surface area contributed by atoms with Gasteiger partial charge in [-0.05, 0) is 42.7 Å². The molecule has 0 spiro atoms. The molecular weight excluding hydrogens is 264 g/mol. The van der Waals surface area contributed by atoms with E-state index in [0.717, 1.165) is 25.7 Å². The maximum absolute atomic E-state index is 11.1. The lowest BCUT2D eigenvalue weighted by Gasteiger charge is -2.40. The molecule has 2 rings (SSSR count). The Labute approximate surface area is 127 Å². The van der Waals surface area contributed by atoms with E-state index in [-0.39, 0.29) is 11.3 Å². The predicted octanol–water partition coefficient (Wildman–Crippen LogP) is 5.10. The summed E-state index contributed by atoms with van der Waals surface area (Å²) in [6.45, 7) is 8.52. The Morgan fingerprint density at radius 2 is 2.05 bits per heavy atom. The molecule has 116 valence electrons. The van der Waals surface area contributed by atoms with Crippen molar-refractivity contribution < 1.29 is 14.6 Å². The molecule has 0 saturated heterocycles.